The summed E-state index contributed by atoms with van der Waals surface area (Å²) in [5.41, 5.74) is 4.90. The van der Waals surface area contributed by atoms with Gasteiger partial charge in [0.05, 0.1) is 22.6 Å². The van der Waals surface area contributed by atoms with Crippen molar-refractivity contribution < 1.29 is 9.53 Å². The second-order valence-corrected chi connectivity index (χ2v) is 13.6. The van der Waals surface area contributed by atoms with Gasteiger partial charge in [-0.1, -0.05) is 25.5 Å². The van der Waals surface area contributed by atoms with E-state index in [2.05, 4.69) is 80.4 Å². The Morgan fingerprint density at radius 1 is 1.14 bits per heavy atom. The Bertz CT molecular complexity index is 1290. The van der Waals surface area contributed by atoms with Crippen LogP contribution in [0.1, 0.15) is 101 Å². The SMILES string of the molecule is BC1=C(c2nc(C3CC(C)(C)OC(C)(C)C3)ccc2NC(=O)c2nc(C#N)c[nH]2)C(B)(B)CC(C)(C)C1. The normalized spacial score (nSPS) is 22.3. The van der Waals surface area contributed by atoms with Crippen LogP contribution in [0.2, 0.25) is 5.21 Å². The van der Waals surface area contributed by atoms with Crippen LogP contribution in [0.5, 0.6) is 0 Å². The molecule has 10 heteroatoms. The minimum absolute atomic E-state index is 0.106. The first-order valence-corrected chi connectivity index (χ1v) is 13.2. The number of anilines is 1. The number of amides is 1. The van der Waals surface area contributed by atoms with Crippen molar-refractivity contribution in [1.82, 2.24) is 15.0 Å². The number of imidazole rings is 1. The van der Waals surface area contributed by atoms with Crippen LogP contribution in [-0.2, 0) is 4.74 Å². The predicted molar refractivity (Wildman–Crippen MR) is 155 cm³/mol. The Morgan fingerprint density at radius 3 is 2.35 bits per heavy atom. The summed E-state index contributed by atoms with van der Waals surface area (Å²) < 4.78 is 6.34. The minimum atomic E-state index is -0.391. The lowest BCUT2D eigenvalue weighted by atomic mass is 9.41. The molecule has 1 saturated heterocycles. The maximum Gasteiger partial charge on any atom is 0.291 e. The van der Waals surface area contributed by atoms with Crippen molar-refractivity contribution >= 4 is 40.7 Å². The third-order valence-corrected chi connectivity index (χ3v) is 7.52. The molecule has 3 heterocycles. The van der Waals surface area contributed by atoms with E-state index in [4.69, 9.17) is 15.0 Å². The Morgan fingerprint density at radius 2 is 1.78 bits per heavy atom. The Labute approximate surface area is 223 Å². The minimum Gasteiger partial charge on any atom is -0.370 e. The molecular weight excluding hydrogens is 459 g/mol. The molecule has 0 radical (unpaired) electrons. The van der Waals surface area contributed by atoms with E-state index in [-0.39, 0.29) is 39.3 Å². The summed E-state index contributed by atoms with van der Waals surface area (Å²) >= 11 is 0. The van der Waals surface area contributed by atoms with Crippen molar-refractivity contribution in [2.45, 2.75) is 89.6 Å². The van der Waals surface area contributed by atoms with Gasteiger partial charge in [-0.25, -0.2) is 4.98 Å². The zero-order valence-electron chi connectivity index (χ0n) is 23.8. The number of nitrogens with one attached hydrogen (secondary N) is 2. The second-order valence-electron chi connectivity index (χ2n) is 13.6. The summed E-state index contributed by atoms with van der Waals surface area (Å²) in [4.78, 5) is 25.3. The Kier molecular flexibility index (Phi) is 6.78. The summed E-state index contributed by atoms with van der Waals surface area (Å²) in [5, 5.41) is 12.0. The van der Waals surface area contributed by atoms with Crippen LogP contribution in [0, 0.1) is 16.7 Å². The number of allylic oxidation sites excluding steroid dienone is 2. The van der Waals surface area contributed by atoms with Gasteiger partial charge >= 0.3 is 0 Å². The Balaban J connectivity index is 1.81. The van der Waals surface area contributed by atoms with Crippen molar-refractivity contribution in [3.8, 4) is 6.07 Å². The average molecular weight is 497 g/mol. The maximum absolute atomic E-state index is 13.1. The molecule has 1 aliphatic carbocycles. The number of hydrogen-bond acceptors (Lipinski definition) is 5. The van der Waals surface area contributed by atoms with Crippen molar-refractivity contribution in [1.29, 1.82) is 5.26 Å². The van der Waals surface area contributed by atoms with Crippen LogP contribution in [0.25, 0.3) is 5.57 Å². The molecule has 2 aliphatic rings. The van der Waals surface area contributed by atoms with E-state index in [0.717, 1.165) is 37.1 Å². The molecule has 192 valence electrons. The molecule has 2 aromatic rings. The van der Waals surface area contributed by atoms with Crippen molar-refractivity contribution in [2.75, 3.05) is 5.32 Å². The van der Waals surface area contributed by atoms with Gasteiger partial charge in [0.15, 0.2) is 11.5 Å². The summed E-state index contributed by atoms with van der Waals surface area (Å²) in [6.45, 7) is 13.2. The van der Waals surface area contributed by atoms with E-state index < -0.39 is 5.91 Å². The lowest BCUT2D eigenvalue weighted by molar-refractivity contribution is -0.162. The quantitative estimate of drug-likeness (QED) is 0.633. The predicted octanol–water partition coefficient (Wildman–Crippen LogP) is 2.93. The van der Waals surface area contributed by atoms with E-state index >= 15 is 0 Å². The first-order valence-electron chi connectivity index (χ1n) is 13.2. The molecule has 0 saturated carbocycles. The van der Waals surface area contributed by atoms with E-state index in [1.54, 1.807) is 0 Å². The molecule has 0 atom stereocenters. The van der Waals surface area contributed by atoms with Crippen LogP contribution in [0.4, 0.5) is 5.69 Å². The fraction of sp³-hybridized carbons (Fsp3) is 0.556. The van der Waals surface area contributed by atoms with Crippen LogP contribution < -0.4 is 5.32 Å². The molecular formula is C27H38B3N5O2. The van der Waals surface area contributed by atoms with Crippen LogP contribution in [0.15, 0.2) is 23.8 Å². The molecule has 4 rings (SSSR count). The molecule has 1 fully saturated rings. The third-order valence-electron chi connectivity index (χ3n) is 7.52. The fourth-order valence-electron chi connectivity index (χ4n) is 7.22. The highest BCUT2D eigenvalue weighted by Crippen LogP contribution is 2.54. The first kappa shape index (κ1) is 27.3. The number of nitriles is 1. The van der Waals surface area contributed by atoms with Crippen LogP contribution in [-0.4, -0.2) is 55.6 Å². The van der Waals surface area contributed by atoms with Crippen LogP contribution >= 0.6 is 0 Å². The van der Waals surface area contributed by atoms with Crippen molar-refractivity contribution in [3.05, 3.63) is 46.7 Å². The smallest absolute Gasteiger partial charge is 0.291 e. The van der Waals surface area contributed by atoms with Crippen molar-refractivity contribution in [2.24, 2.45) is 5.41 Å². The molecule has 0 aromatic carbocycles. The number of aromatic nitrogens is 3. The number of carbonyl (C=O) groups excluding carboxylic acids is 1. The van der Waals surface area contributed by atoms with Crippen molar-refractivity contribution in [3.63, 3.8) is 0 Å². The van der Waals surface area contributed by atoms with E-state index in [1.165, 1.54) is 17.2 Å². The Hall–Kier alpha value is -2.79. The number of H-pyrrole nitrogens is 1. The molecule has 37 heavy (non-hydrogen) atoms. The number of hydrogen-bond donors (Lipinski definition) is 2. The first-order chi connectivity index (χ1) is 17.0. The van der Waals surface area contributed by atoms with E-state index in [1.807, 2.05) is 18.2 Å². The standard InChI is InChI=1S/C27H38B3N5O2/c1-24(2)11-17(28)20(27(29,30)14-24)21-19(35-23(36)22-32-13-16(12-31)33-22)8-7-18(34-21)15-9-25(3,4)37-26(5,6)10-15/h7-8,13,15H,9-11,14,28-30H2,1-6H3,(H,32,33)(H,35,36). The van der Waals surface area contributed by atoms with Gasteiger partial charge in [0.25, 0.3) is 5.91 Å². The summed E-state index contributed by atoms with van der Waals surface area (Å²) in [5.74, 6) is -0.0402. The zero-order chi connectivity index (χ0) is 27.4. The lowest BCUT2D eigenvalue weighted by Crippen LogP contribution is -2.44. The molecule has 0 unspecified atom stereocenters. The summed E-state index contributed by atoms with van der Waals surface area (Å²) in [6, 6.07) is 5.98. The largest absolute Gasteiger partial charge is 0.370 e. The highest BCUT2D eigenvalue weighted by atomic mass is 16.5. The number of ether oxygens (including phenoxy) is 1. The van der Waals surface area contributed by atoms with Gasteiger partial charge in [-0.3, -0.25) is 9.78 Å². The second kappa shape index (κ2) is 9.20. The molecule has 0 spiro atoms. The number of nitrogens with zero attached hydrogens (tertiary/aromatic N) is 3. The summed E-state index contributed by atoms with van der Waals surface area (Å²) in [6.07, 6.45) is 5.20. The van der Waals surface area contributed by atoms with Gasteiger partial charge in [0.1, 0.15) is 29.6 Å². The number of aromatic amines is 1. The van der Waals surface area contributed by atoms with Gasteiger partial charge in [0, 0.05) is 17.8 Å². The van der Waals surface area contributed by atoms with Gasteiger partial charge in [0.2, 0.25) is 0 Å². The van der Waals surface area contributed by atoms with Gasteiger partial charge < -0.3 is 15.0 Å². The van der Waals surface area contributed by atoms with Gasteiger partial charge in [-0.15, -0.1) is 5.47 Å². The third kappa shape index (κ3) is 5.88. The molecule has 1 aliphatic heterocycles. The fourth-order valence-corrected chi connectivity index (χ4v) is 7.22. The zero-order valence-corrected chi connectivity index (χ0v) is 23.8. The van der Waals surface area contributed by atoms with Gasteiger partial charge in [-0.2, -0.15) is 5.26 Å². The number of carbonyl (C=O) groups is 1. The lowest BCUT2D eigenvalue weighted by Gasteiger charge is -2.46. The highest BCUT2D eigenvalue weighted by Gasteiger charge is 2.42. The molecule has 1 amide bonds. The molecule has 0 bridgehead atoms. The molecule has 7 nitrogen and oxygen atoms in total. The topological polar surface area (TPSA) is 104 Å². The van der Waals surface area contributed by atoms with Gasteiger partial charge in [-0.05, 0) is 70.1 Å². The summed E-state index contributed by atoms with van der Waals surface area (Å²) in [7, 11) is 6.75. The average Bonchev–Trinajstić information content (AvgIpc) is 3.20. The molecule has 2 N–H and O–H groups in total. The maximum atomic E-state index is 13.1. The monoisotopic (exact) mass is 497 g/mol. The number of rotatable bonds is 4. The van der Waals surface area contributed by atoms with Crippen LogP contribution in [0.3, 0.4) is 0 Å². The highest BCUT2D eigenvalue weighted by molar-refractivity contribution is 6.48. The molecule has 2 aromatic heterocycles. The van der Waals surface area contributed by atoms with E-state index in [0.29, 0.717) is 5.69 Å². The van der Waals surface area contributed by atoms with E-state index in [9.17, 15) is 4.79 Å². The number of pyridine rings is 1.